The number of hydrogen-bond acceptors (Lipinski definition) is 5. The summed E-state index contributed by atoms with van der Waals surface area (Å²) in [5.74, 6) is 0. The third-order valence-corrected chi connectivity index (χ3v) is 1.93. The second-order valence-corrected chi connectivity index (χ2v) is 2.92. The van der Waals surface area contributed by atoms with E-state index >= 15 is 0 Å². The van der Waals surface area contributed by atoms with Crippen molar-refractivity contribution in [2.45, 2.75) is 6.04 Å². The van der Waals surface area contributed by atoms with Crippen molar-refractivity contribution in [1.29, 1.82) is 0 Å². The number of aliphatic hydroxyl groups excluding tert-OH is 1. The average molecular weight is 190 g/mol. The maximum absolute atomic E-state index is 8.86. The molecule has 0 bridgehead atoms. The zero-order valence-corrected chi connectivity index (χ0v) is 7.46. The summed E-state index contributed by atoms with van der Waals surface area (Å²) in [5.41, 5.74) is 7.52. The van der Waals surface area contributed by atoms with Crippen molar-refractivity contribution in [1.82, 2.24) is 15.0 Å². The number of fused-ring (bicyclic) bond motifs is 1. The van der Waals surface area contributed by atoms with Crippen LogP contribution in [0.15, 0.2) is 24.5 Å². The molecule has 14 heavy (non-hydrogen) atoms. The Labute approximate surface area is 80.6 Å². The number of nitrogens with two attached hydrogens (primary N) is 1. The van der Waals surface area contributed by atoms with Gasteiger partial charge in [-0.3, -0.25) is 4.98 Å². The molecule has 0 aliphatic rings. The van der Waals surface area contributed by atoms with E-state index in [0.29, 0.717) is 11.3 Å². The van der Waals surface area contributed by atoms with Gasteiger partial charge in [-0.05, 0) is 12.1 Å². The Hall–Kier alpha value is -1.59. The molecular weight excluding hydrogens is 180 g/mol. The third kappa shape index (κ3) is 1.55. The van der Waals surface area contributed by atoms with Gasteiger partial charge in [0.15, 0.2) is 5.65 Å². The predicted octanol–water partition coefficient (Wildman–Crippen LogP) is 0.0169. The summed E-state index contributed by atoms with van der Waals surface area (Å²) in [5, 5.41) is 8.86. The van der Waals surface area contributed by atoms with Crippen LogP contribution < -0.4 is 5.73 Å². The van der Waals surface area contributed by atoms with Crippen LogP contribution in [0.1, 0.15) is 11.7 Å². The molecule has 0 spiro atoms. The van der Waals surface area contributed by atoms with E-state index in [1.807, 2.05) is 0 Å². The van der Waals surface area contributed by atoms with Crippen molar-refractivity contribution in [3.05, 3.63) is 30.2 Å². The van der Waals surface area contributed by atoms with E-state index in [1.54, 1.807) is 24.5 Å². The van der Waals surface area contributed by atoms with Gasteiger partial charge in [-0.2, -0.15) is 0 Å². The number of hydrogen-bond donors (Lipinski definition) is 2. The molecule has 2 aromatic heterocycles. The molecular formula is C9H10N4O. The van der Waals surface area contributed by atoms with Gasteiger partial charge in [-0.25, -0.2) is 9.97 Å². The van der Waals surface area contributed by atoms with Crippen LogP contribution in [0.5, 0.6) is 0 Å². The van der Waals surface area contributed by atoms with Crippen LogP contribution >= 0.6 is 0 Å². The quantitative estimate of drug-likeness (QED) is 0.697. The van der Waals surface area contributed by atoms with Crippen LogP contribution in [-0.2, 0) is 0 Å². The van der Waals surface area contributed by atoms with Gasteiger partial charge < -0.3 is 10.8 Å². The highest BCUT2D eigenvalue weighted by molar-refractivity contribution is 5.68. The molecule has 0 saturated heterocycles. The van der Waals surface area contributed by atoms with E-state index < -0.39 is 6.04 Å². The Balaban J connectivity index is 2.51. The van der Waals surface area contributed by atoms with Crippen LogP contribution in [0.2, 0.25) is 0 Å². The zero-order chi connectivity index (χ0) is 9.97. The standard InChI is InChI=1S/C9H10N4O/c10-6(5-14)7-1-2-8-9(13-7)12-4-3-11-8/h1-4,6,14H,5,10H2. The first-order chi connectivity index (χ1) is 6.81. The zero-order valence-electron chi connectivity index (χ0n) is 7.46. The van der Waals surface area contributed by atoms with E-state index in [2.05, 4.69) is 15.0 Å². The summed E-state index contributed by atoms with van der Waals surface area (Å²) < 4.78 is 0. The number of aliphatic hydroxyl groups is 1. The summed E-state index contributed by atoms with van der Waals surface area (Å²) >= 11 is 0. The van der Waals surface area contributed by atoms with Gasteiger partial charge in [0.05, 0.1) is 18.3 Å². The Morgan fingerprint density at radius 2 is 2.07 bits per heavy atom. The smallest absolute Gasteiger partial charge is 0.178 e. The van der Waals surface area contributed by atoms with Crippen LogP contribution in [0.4, 0.5) is 0 Å². The molecule has 2 rings (SSSR count). The van der Waals surface area contributed by atoms with Gasteiger partial charge in [0.2, 0.25) is 0 Å². The Kier molecular flexibility index (Phi) is 2.34. The van der Waals surface area contributed by atoms with Gasteiger partial charge >= 0.3 is 0 Å². The molecule has 0 radical (unpaired) electrons. The molecule has 0 saturated carbocycles. The van der Waals surface area contributed by atoms with E-state index in [9.17, 15) is 0 Å². The number of aromatic nitrogens is 3. The SMILES string of the molecule is NC(CO)c1ccc2nccnc2n1. The van der Waals surface area contributed by atoms with E-state index in [0.717, 1.165) is 5.52 Å². The van der Waals surface area contributed by atoms with Crippen molar-refractivity contribution in [2.75, 3.05) is 6.61 Å². The van der Waals surface area contributed by atoms with Crippen molar-refractivity contribution in [3.8, 4) is 0 Å². The first-order valence-electron chi connectivity index (χ1n) is 4.25. The van der Waals surface area contributed by atoms with Gasteiger partial charge in [-0.15, -0.1) is 0 Å². The molecule has 0 fully saturated rings. The summed E-state index contributed by atoms with van der Waals surface area (Å²) in [7, 11) is 0. The minimum absolute atomic E-state index is 0.126. The van der Waals surface area contributed by atoms with Crippen LogP contribution in [-0.4, -0.2) is 26.7 Å². The van der Waals surface area contributed by atoms with Crippen LogP contribution in [0.3, 0.4) is 0 Å². The molecule has 0 amide bonds. The molecule has 5 nitrogen and oxygen atoms in total. The largest absolute Gasteiger partial charge is 0.394 e. The molecule has 0 aliphatic carbocycles. The predicted molar refractivity (Wildman–Crippen MR) is 51.3 cm³/mol. The fourth-order valence-corrected chi connectivity index (χ4v) is 1.17. The molecule has 72 valence electrons. The summed E-state index contributed by atoms with van der Waals surface area (Å²) in [4.78, 5) is 12.3. The molecule has 2 aromatic rings. The highest BCUT2D eigenvalue weighted by Crippen LogP contribution is 2.10. The summed E-state index contributed by atoms with van der Waals surface area (Å²) in [6, 6.07) is 3.08. The molecule has 2 heterocycles. The third-order valence-electron chi connectivity index (χ3n) is 1.93. The number of pyridine rings is 1. The lowest BCUT2D eigenvalue weighted by molar-refractivity contribution is 0.266. The Morgan fingerprint density at radius 1 is 1.29 bits per heavy atom. The summed E-state index contributed by atoms with van der Waals surface area (Å²) in [6.07, 6.45) is 3.18. The second-order valence-electron chi connectivity index (χ2n) is 2.92. The molecule has 0 aromatic carbocycles. The van der Waals surface area contributed by atoms with Crippen LogP contribution in [0.25, 0.3) is 11.2 Å². The van der Waals surface area contributed by atoms with Crippen molar-refractivity contribution in [3.63, 3.8) is 0 Å². The Morgan fingerprint density at radius 3 is 2.86 bits per heavy atom. The minimum Gasteiger partial charge on any atom is -0.394 e. The lowest BCUT2D eigenvalue weighted by atomic mass is 10.2. The molecule has 0 aliphatic heterocycles. The minimum atomic E-state index is -0.457. The lowest BCUT2D eigenvalue weighted by Crippen LogP contribution is -2.16. The highest BCUT2D eigenvalue weighted by Gasteiger charge is 2.06. The fourth-order valence-electron chi connectivity index (χ4n) is 1.17. The van der Waals surface area contributed by atoms with Gasteiger partial charge in [-0.1, -0.05) is 0 Å². The van der Waals surface area contributed by atoms with E-state index in [-0.39, 0.29) is 6.61 Å². The topological polar surface area (TPSA) is 84.9 Å². The fraction of sp³-hybridized carbons (Fsp3) is 0.222. The first-order valence-corrected chi connectivity index (χ1v) is 4.25. The second kappa shape index (κ2) is 3.65. The molecule has 3 N–H and O–H groups in total. The highest BCUT2D eigenvalue weighted by atomic mass is 16.3. The van der Waals surface area contributed by atoms with E-state index in [4.69, 9.17) is 10.8 Å². The molecule has 1 unspecified atom stereocenters. The van der Waals surface area contributed by atoms with Crippen LogP contribution in [0, 0.1) is 0 Å². The molecule has 5 heteroatoms. The number of nitrogens with zero attached hydrogens (tertiary/aromatic N) is 3. The van der Waals surface area contributed by atoms with Crippen molar-refractivity contribution in [2.24, 2.45) is 5.73 Å². The van der Waals surface area contributed by atoms with Crippen molar-refractivity contribution >= 4 is 11.2 Å². The van der Waals surface area contributed by atoms with Gasteiger partial charge in [0.1, 0.15) is 5.52 Å². The average Bonchev–Trinajstić information content (AvgIpc) is 2.27. The normalized spacial score (nSPS) is 13.0. The summed E-state index contributed by atoms with van der Waals surface area (Å²) in [6.45, 7) is -0.126. The first kappa shape index (κ1) is 8.98. The lowest BCUT2D eigenvalue weighted by Gasteiger charge is -2.06. The molecule has 1 atom stereocenters. The monoisotopic (exact) mass is 190 g/mol. The van der Waals surface area contributed by atoms with E-state index in [1.165, 1.54) is 0 Å². The Bertz CT molecular complexity index is 446. The van der Waals surface area contributed by atoms with Crippen molar-refractivity contribution < 1.29 is 5.11 Å². The maximum Gasteiger partial charge on any atom is 0.178 e. The van der Waals surface area contributed by atoms with Gasteiger partial charge in [0.25, 0.3) is 0 Å². The number of rotatable bonds is 2. The maximum atomic E-state index is 8.86. The van der Waals surface area contributed by atoms with Gasteiger partial charge in [0, 0.05) is 12.4 Å².